The zero-order chi connectivity index (χ0) is 26.3. The molecular formula is C24H32F3N3O5S. The Morgan fingerprint density at radius 2 is 1.75 bits per heavy atom. The number of carbonyl (C=O) groups excluding carboxylic acids is 2. The summed E-state index contributed by atoms with van der Waals surface area (Å²) in [5.74, 6) is -2.46. The zero-order valence-electron chi connectivity index (χ0n) is 20.4. The minimum Gasteiger partial charge on any atom is -0.469 e. The number of methoxy groups -OCH3 is 1. The van der Waals surface area contributed by atoms with Crippen molar-refractivity contribution in [3.63, 3.8) is 0 Å². The quantitative estimate of drug-likeness (QED) is 0.479. The maximum absolute atomic E-state index is 13.6. The molecule has 1 saturated carbocycles. The van der Waals surface area contributed by atoms with Crippen molar-refractivity contribution in [2.75, 3.05) is 39.0 Å². The molecule has 3 fully saturated rings. The molecule has 1 aliphatic carbocycles. The Bertz CT molecular complexity index is 1070. The van der Waals surface area contributed by atoms with E-state index in [-0.39, 0.29) is 31.2 Å². The molecule has 0 unspecified atom stereocenters. The number of piperidine rings is 1. The lowest BCUT2D eigenvalue weighted by molar-refractivity contribution is -0.190. The van der Waals surface area contributed by atoms with Gasteiger partial charge in [-0.1, -0.05) is 30.3 Å². The molecule has 1 aromatic carbocycles. The number of likely N-dealkylation sites (tertiary alicyclic amines) is 1. The topological polar surface area (TPSA) is 87.2 Å². The molecule has 0 bridgehead atoms. The smallest absolute Gasteiger partial charge is 0.469 e. The first-order valence-corrected chi connectivity index (χ1v) is 13.8. The van der Waals surface area contributed by atoms with Gasteiger partial charge in [0.15, 0.2) is 0 Å². The second-order valence-electron chi connectivity index (χ2n) is 9.89. The van der Waals surface area contributed by atoms with Gasteiger partial charge in [0.05, 0.1) is 24.8 Å². The van der Waals surface area contributed by atoms with E-state index in [4.69, 9.17) is 4.74 Å². The van der Waals surface area contributed by atoms with Crippen LogP contribution in [0.5, 0.6) is 0 Å². The minimum absolute atomic E-state index is 0.00615. The van der Waals surface area contributed by atoms with Crippen molar-refractivity contribution in [2.45, 2.75) is 62.3 Å². The average molecular weight is 532 g/mol. The second-order valence-corrected chi connectivity index (χ2v) is 12.2. The van der Waals surface area contributed by atoms with Crippen LogP contribution in [0.3, 0.4) is 0 Å². The van der Waals surface area contributed by atoms with Gasteiger partial charge in [-0.3, -0.25) is 14.5 Å². The predicted molar refractivity (Wildman–Crippen MR) is 125 cm³/mol. The van der Waals surface area contributed by atoms with Gasteiger partial charge in [-0.05, 0) is 31.7 Å². The summed E-state index contributed by atoms with van der Waals surface area (Å²) in [5, 5.41) is 0. The highest BCUT2D eigenvalue weighted by Gasteiger charge is 2.56. The van der Waals surface area contributed by atoms with E-state index in [0.29, 0.717) is 32.4 Å². The van der Waals surface area contributed by atoms with E-state index in [2.05, 4.69) is 0 Å². The first-order chi connectivity index (χ1) is 16.9. The van der Waals surface area contributed by atoms with E-state index in [1.165, 1.54) is 11.4 Å². The van der Waals surface area contributed by atoms with Crippen molar-refractivity contribution in [1.82, 2.24) is 14.1 Å². The summed E-state index contributed by atoms with van der Waals surface area (Å²) in [6, 6.07) is 8.16. The van der Waals surface area contributed by atoms with Crippen LogP contribution in [0.15, 0.2) is 30.3 Å². The molecule has 2 aliphatic heterocycles. The fraction of sp³-hybridized carbons (Fsp3) is 0.667. The first kappa shape index (κ1) is 26.9. The Kier molecular flexibility index (Phi) is 7.42. The highest BCUT2D eigenvalue weighted by molar-refractivity contribution is 7.89. The number of hydrogen-bond donors (Lipinski definition) is 0. The number of benzene rings is 1. The largest absolute Gasteiger partial charge is 0.471 e. The van der Waals surface area contributed by atoms with Gasteiger partial charge in [0, 0.05) is 44.2 Å². The van der Waals surface area contributed by atoms with Crippen molar-refractivity contribution in [3.8, 4) is 0 Å². The maximum atomic E-state index is 13.6. The molecule has 0 spiro atoms. The van der Waals surface area contributed by atoms with Gasteiger partial charge < -0.3 is 9.64 Å². The van der Waals surface area contributed by atoms with Crippen molar-refractivity contribution in [1.29, 1.82) is 0 Å². The maximum Gasteiger partial charge on any atom is 0.471 e. The normalized spacial score (nSPS) is 25.1. The Labute approximate surface area is 209 Å². The molecule has 8 nitrogen and oxygen atoms in total. The summed E-state index contributed by atoms with van der Waals surface area (Å²) in [4.78, 5) is 27.7. The summed E-state index contributed by atoms with van der Waals surface area (Å²) in [5.41, 5.74) is 0.161. The Morgan fingerprint density at radius 1 is 1.14 bits per heavy atom. The molecule has 2 heterocycles. The molecule has 0 aromatic heterocycles. The number of halogens is 3. The third-order valence-electron chi connectivity index (χ3n) is 7.75. The molecule has 36 heavy (non-hydrogen) atoms. The molecule has 4 rings (SSSR count). The van der Waals surface area contributed by atoms with Crippen molar-refractivity contribution >= 4 is 21.9 Å². The van der Waals surface area contributed by atoms with Crippen molar-refractivity contribution in [2.24, 2.45) is 0 Å². The van der Waals surface area contributed by atoms with E-state index < -0.39 is 45.7 Å². The van der Waals surface area contributed by atoms with Gasteiger partial charge in [0.2, 0.25) is 10.0 Å². The molecule has 1 amide bonds. The van der Waals surface area contributed by atoms with Crippen LogP contribution in [-0.4, -0.2) is 97.2 Å². The summed E-state index contributed by atoms with van der Waals surface area (Å²) in [7, 11) is -2.16. The molecular weight excluding hydrogens is 499 g/mol. The Balaban J connectivity index is 1.48. The molecule has 1 aromatic rings. The third-order valence-corrected chi connectivity index (χ3v) is 9.52. The van der Waals surface area contributed by atoms with E-state index in [1.807, 2.05) is 35.2 Å². The SMILES string of the molecule is CCS(=O)(=O)N1CC(CC(=O)OC)(N2CCC(N(C(=O)C(F)(F)F)[C@@H]3C[C@H]3c3ccccc3)CC2)C1. The van der Waals surface area contributed by atoms with E-state index >= 15 is 0 Å². The van der Waals surface area contributed by atoms with Crippen LogP contribution >= 0.6 is 0 Å². The highest BCUT2D eigenvalue weighted by Crippen LogP contribution is 2.48. The number of esters is 1. The molecule has 200 valence electrons. The third kappa shape index (κ3) is 5.26. The van der Waals surface area contributed by atoms with Gasteiger partial charge in [0.25, 0.3) is 0 Å². The van der Waals surface area contributed by atoms with Crippen molar-refractivity contribution < 1.29 is 35.9 Å². The number of carbonyl (C=O) groups is 2. The van der Waals surface area contributed by atoms with Gasteiger partial charge in [0.1, 0.15) is 0 Å². The van der Waals surface area contributed by atoms with Gasteiger partial charge in [-0.15, -0.1) is 0 Å². The van der Waals surface area contributed by atoms with E-state index in [0.717, 1.165) is 10.5 Å². The lowest BCUT2D eigenvalue weighted by Gasteiger charge is -2.56. The van der Waals surface area contributed by atoms with E-state index in [1.54, 1.807) is 6.92 Å². The van der Waals surface area contributed by atoms with E-state index in [9.17, 15) is 31.2 Å². The Hall–Kier alpha value is -2.18. The van der Waals surface area contributed by atoms with Crippen LogP contribution in [0.2, 0.25) is 0 Å². The number of sulfonamides is 1. The first-order valence-electron chi connectivity index (χ1n) is 12.2. The number of alkyl halides is 3. The molecule has 12 heteroatoms. The molecule has 2 atom stereocenters. The van der Waals surface area contributed by atoms with Crippen LogP contribution in [-0.2, 0) is 24.3 Å². The Morgan fingerprint density at radius 3 is 2.28 bits per heavy atom. The lowest BCUT2D eigenvalue weighted by Crippen LogP contribution is -2.73. The summed E-state index contributed by atoms with van der Waals surface area (Å²) in [6.07, 6.45) is -3.86. The number of ether oxygens (including phenoxy) is 1. The fourth-order valence-corrected chi connectivity index (χ4v) is 6.89. The van der Waals surface area contributed by atoms with Gasteiger partial charge in [-0.25, -0.2) is 8.42 Å². The summed E-state index contributed by atoms with van der Waals surface area (Å²) >= 11 is 0. The van der Waals surface area contributed by atoms with Crippen LogP contribution in [0.25, 0.3) is 0 Å². The number of hydrogen-bond acceptors (Lipinski definition) is 6. The predicted octanol–water partition coefficient (Wildman–Crippen LogP) is 2.37. The van der Waals surface area contributed by atoms with Crippen LogP contribution in [0, 0.1) is 0 Å². The molecule has 2 saturated heterocycles. The number of rotatable bonds is 8. The van der Waals surface area contributed by atoms with Gasteiger partial charge in [-0.2, -0.15) is 17.5 Å². The summed E-state index contributed by atoms with van der Waals surface area (Å²) in [6.45, 7) is 2.52. The average Bonchev–Trinajstić information content (AvgIpc) is 3.62. The highest BCUT2D eigenvalue weighted by atomic mass is 32.2. The number of nitrogens with zero attached hydrogens (tertiary/aromatic N) is 3. The molecule has 0 radical (unpaired) electrons. The molecule has 3 aliphatic rings. The fourth-order valence-electron chi connectivity index (χ4n) is 5.65. The lowest BCUT2D eigenvalue weighted by atomic mass is 9.84. The minimum atomic E-state index is -4.96. The van der Waals surface area contributed by atoms with Crippen LogP contribution < -0.4 is 0 Å². The van der Waals surface area contributed by atoms with Gasteiger partial charge >= 0.3 is 18.1 Å². The second kappa shape index (κ2) is 9.94. The van der Waals surface area contributed by atoms with Crippen molar-refractivity contribution in [3.05, 3.63) is 35.9 Å². The zero-order valence-corrected chi connectivity index (χ0v) is 21.2. The number of amides is 1. The molecule has 0 N–H and O–H groups in total. The monoisotopic (exact) mass is 531 g/mol. The van der Waals surface area contributed by atoms with Crippen LogP contribution in [0.4, 0.5) is 13.2 Å². The standard InChI is InChI=1S/C24H32F3N3O5S/c1-3-36(33,34)29-15-23(16-29,14-21(31)35-2)28-11-9-18(10-12-28)30(22(32)24(25,26)27)20-13-19(20)17-7-5-4-6-8-17/h4-8,18-20H,3,9-16H2,1-2H3/t19-,20+/m0/s1. The van der Waals surface area contributed by atoms with Crippen LogP contribution in [0.1, 0.15) is 44.1 Å². The summed E-state index contributed by atoms with van der Waals surface area (Å²) < 4.78 is 71.4.